The van der Waals surface area contributed by atoms with Crippen molar-refractivity contribution in [1.29, 1.82) is 0 Å². The van der Waals surface area contributed by atoms with Crippen LogP contribution in [0.5, 0.6) is 0 Å². The van der Waals surface area contributed by atoms with E-state index in [0.29, 0.717) is 6.54 Å². The van der Waals surface area contributed by atoms with Gasteiger partial charge in [0.05, 0.1) is 4.92 Å². The predicted octanol–water partition coefficient (Wildman–Crippen LogP) is 0.302. The third-order valence-corrected chi connectivity index (χ3v) is 3.72. The number of imide groups is 1. The topological polar surface area (TPSA) is 122 Å². The van der Waals surface area contributed by atoms with Crippen LogP contribution in [0.1, 0.15) is 6.42 Å². The summed E-state index contributed by atoms with van der Waals surface area (Å²) < 4.78 is 0. The lowest BCUT2D eigenvalue weighted by molar-refractivity contribution is -0.384. The molecule has 2 rings (SSSR count). The number of anilines is 1. The average molecular weight is 321 g/mol. The lowest BCUT2D eigenvalue weighted by Crippen LogP contribution is -2.47. The standard InChI is InChI=1S/C14H19N5O4/c15-14(21)16-13(20)5-6-17-7-9-18(10-8-17)11-1-3-12(4-2-11)19(22)23/h1-4H,5-10H2,(H3,15,16,20,21). The molecule has 1 fully saturated rings. The highest BCUT2D eigenvalue weighted by Gasteiger charge is 2.18. The van der Waals surface area contributed by atoms with Crippen molar-refractivity contribution in [2.24, 2.45) is 5.73 Å². The predicted molar refractivity (Wildman–Crippen MR) is 84.1 cm³/mol. The fourth-order valence-electron chi connectivity index (χ4n) is 2.47. The number of carbonyl (C=O) groups excluding carboxylic acids is 2. The van der Waals surface area contributed by atoms with E-state index in [-0.39, 0.29) is 18.0 Å². The number of carbonyl (C=O) groups is 2. The van der Waals surface area contributed by atoms with Crippen molar-refractivity contribution < 1.29 is 14.5 Å². The molecule has 23 heavy (non-hydrogen) atoms. The van der Waals surface area contributed by atoms with E-state index < -0.39 is 11.0 Å². The molecule has 0 unspecified atom stereocenters. The molecule has 1 aromatic rings. The number of rotatable bonds is 5. The van der Waals surface area contributed by atoms with Gasteiger partial charge in [-0.2, -0.15) is 0 Å². The Morgan fingerprint density at radius 2 is 1.78 bits per heavy atom. The van der Waals surface area contributed by atoms with Gasteiger partial charge in [-0.05, 0) is 12.1 Å². The Kier molecular flexibility index (Phi) is 5.47. The van der Waals surface area contributed by atoms with Crippen LogP contribution in [-0.4, -0.2) is 54.5 Å². The molecule has 1 saturated heterocycles. The van der Waals surface area contributed by atoms with Gasteiger partial charge in [-0.1, -0.05) is 0 Å². The number of primary amides is 1. The summed E-state index contributed by atoms with van der Waals surface area (Å²) in [7, 11) is 0. The molecular weight excluding hydrogens is 302 g/mol. The number of urea groups is 1. The van der Waals surface area contributed by atoms with Gasteiger partial charge in [0, 0.05) is 57.0 Å². The minimum Gasteiger partial charge on any atom is -0.369 e. The van der Waals surface area contributed by atoms with Gasteiger partial charge in [0.15, 0.2) is 0 Å². The molecule has 9 heteroatoms. The van der Waals surface area contributed by atoms with Gasteiger partial charge in [-0.15, -0.1) is 0 Å². The molecule has 124 valence electrons. The number of benzene rings is 1. The summed E-state index contributed by atoms with van der Waals surface area (Å²) in [5, 5.41) is 12.7. The lowest BCUT2D eigenvalue weighted by Gasteiger charge is -2.35. The average Bonchev–Trinajstić information content (AvgIpc) is 2.53. The fourth-order valence-corrected chi connectivity index (χ4v) is 2.47. The number of hydrogen-bond acceptors (Lipinski definition) is 6. The molecule has 0 aliphatic carbocycles. The zero-order valence-electron chi connectivity index (χ0n) is 12.6. The van der Waals surface area contributed by atoms with Crippen molar-refractivity contribution in [1.82, 2.24) is 10.2 Å². The van der Waals surface area contributed by atoms with Crippen LogP contribution in [0.25, 0.3) is 0 Å². The molecule has 3 N–H and O–H groups in total. The van der Waals surface area contributed by atoms with E-state index in [1.54, 1.807) is 12.1 Å². The monoisotopic (exact) mass is 321 g/mol. The van der Waals surface area contributed by atoms with Crippen molar-refractivity contribution in [2.45, 2.75) is 6.42 Å². The smallest absolute Gasteiger partial charge is 0.318 e. The van der Waals surface area contributed by atoms with Crippen molar-refractivity contribution in [3.8, 4) is 0 Å². The fraction of sp³-hybridized carbons (Fsp3) is 0.429. The van der Waals surface area contributed by atoms with E-state index in [9.17, 15) is 19.7 Å². The minimum absolute atomic E-state index is 0.0767. The zero-order valence-corrected chi connectivity index (χ0v) is 12.6. The molecule has 0 saturated carbocycles. The molecule has 1 aliphatic rings. The van der Waals surface area contributed by atoms with Crippen LogP contribution in [0.4, 0.5) is 16.2 Å². The summed E-state index contributed by atoms with van der Waals surface area (Å²) in [6, 6.07) is 5.64. The Bertz CT molecular complexity index is 581. The quantitative estimate of drug-likeness (QED) is 0.594. The second-order valence-electron chi connectivity index (χ2n) is 5.26. The maximum Gasteiger partial charge on any atom is 0.318 e. The van der Waals surface area contributed by atoms with Gasteiger partial charge in [0.1, 0.15) is 0 Å². The molecule has 3 amide bonds. The molecule has 9 nitrogen and oxygen atoms in total. The minimum atomic E-state index is -0.835. The molecular formula is C14H19N5O4. The van der Waals surface area contributed by atoms with Gasteiger partial charge >= 0.3 is 6.03 Å². The van der Waals surface area contributed by atoms with Crippen LogP contribution in [0.3, 0.4) is 0 Å². The summed E-state index contributed by atoms with van der Waals surface area (Å²) in [5.41, 5.74) is 5.90. The van der Waals surface area contributed by atoms with E-state index in [4.69, 9.17) is 5.73 Å². The molecule has 0 atom stereocenters. The summed E-state index contributed by atoms with van der Waals surface area (Å²) in [4.78, 5) is 36.4. The van der Waals surface area contributed by atoms with Crippen LogP contribution in [-0.2, 0) is 4.79 Å². The number of nitrogens with one attached hydrogen (secondary N) is 1. The number of nitro benzene ring substituents is 1. The molecule has 0 radical (unpaired) electrons. The highest BCUT2D eigenvalue weighted by molar-refractivity contribution is 5.93. The third kappa shape index (κ3) is 4.92. The summed E-state index contributed by atoms with van der Waals surface area (Å²) in [6.07, 6.45) is 0.223. The lowest BCUT2D eigenvalue weighted by atomic mass is 10.2. The van der Waals surface area contributed by atoms with Crippen LogP contribution in [0, 0.1) is 10.1 Å². The first-order chi connectivity index (χ1) is 11.0. The Morgan fingerprint density at radius 3 is 2.30 bits per heavy atom. The number of nitrogens with zero attached hydrogens (tertiary/aromatic N) is 3. The SMILES string of the molecule is NC(=O)NC(=O)CCN1CCN(c2ccc([N+](=O)[O-])cc2)CC1. The number of nitrogens with two attached hydrogens (primary N) is 1. The second kappa shape index (κ2) is 7.54. The Morgan fingerprint density at radius 1 is 1.17 bits per heavy atom. The van der Waals surface area contributed by atoms with Crippen LogP contribution in [0.2, 0.25) is 0 Å². The normalized spacial score (nSPS) is 15.2. The van der Waals surface area contributed by atoms with Crippen molar-refractivity contribution >= 4 is 23.3 Å². The molecule has 1 aromatic carbocycles. The van der Waals surface area contributed by atoms with E-state index >= 15 is 0 Å². The highest BCUT2D eigenvalue weighted by Crippen LogP contribution is 2.20. The summed E-state index contributed by atoms with van der Waals surface area (Å²) in [5.74, 6) is -0.379. The van der Waals surface area contributed by atoms with Gasteiger partial charge in [0.25, 0.3) is 5.69 Å². The van der Waals surface area contributed by atoms with E-state index in [2.05, 4.69) is 9.80 Å². The molecule has 1 aliphatic heterocycles. The van der Waals surface area contributed by atoms with Crippen LogP contribution >= 0.6 is 0 Å². The van der Waals surface area contributed by atoms with Crippen LogP contribution < -0.4 is 16.0 Å². The maximum atomic E-state index is 11.4. The van der Waals surface area contributed by atoms with Crippen molar-refractivity contribution in [3.63, 3.8) is 0 Å². The first-order valence-corrected chi connectivity index (χ1v) is 7.27. The maximum absolute atomic E-state index is 11.4. The number of nitro groups is 1. The molecule has 0 spiro atoms. The van der Waals surface area contributed by atoms with Crippen molar-refractivity contribution in [3.05, 3.63) is 34.4 Å². The van der Waals surface area contributed by atoms with E-state index in [0.717, 1.165) is 31.9 Å². The largest absolute Gasteiger partial charge is 0.369 e. The van der Waals surface area contributed by atoms with Gasteiger partial charge < -0.3 is 10.6 Å². The molecule has 0 aromatic heterocycles. The van der Waals surface area contributed by atoms with E-state index in [1.807, 2.05) is 5.32 Å². The molecule has 1 heterocycles. The summed E-state index contributed by atoms with van der Waals surface area (Å²) in [6.45, 7) is 3.67. The molecule has 0 bridgehead atoms. The summed E-state index contributed by atoms with van der Waals surface area (Å²) >= 11 is 0. The zero-order chi connectivity index (χ0) is 16.8. The number of amides is 3. The first-order valence-electron chi connectivity index (χ1n) is 7.27. The number of hydrogen-bond donors (Lipinski definition) is 2. The Hall–Kier alpha value is -2.68. The van der Waals surface area contributed by atoms with E-state index in [1.165, 1.54) is 12.1 Å². The highest BCUT2D eigenvalue weighted by atomic mass is 16.6. The second-order valence-corrected chi connectivity index (χ2v) is 5.26. The van der Waals surface area contributed by atoms with Crippen LogP contribution in [0.15, 0.2) is 24.3 Å². The van der Waals surface area contributed by atoms with Gasteiger partial charge in [-0.3, -0.25) is 25.1 Å². The third-order valence-electron chi connectivity index (χ3n) is 3.72. The van der Waals surface area contributed by atoms with Gasteiger partial charge in [0.2, 0.25) is 5.91 Å². The number of piperazine rings is 1. The van der Waals surface area contributed by atoms with Gasteiger partial charge in [-0.25, -0.2) is 4.79 Å². The Labute approximate surface area is 133 Å². The Balaban J connectivity index is 1.78. The first kappa shape index (κ1) is 16.7. The number of non-ortho nitro benzene ring substituents is 1. The van der Waals surface area contributed by atoms with Crippen molar-refractivity contribution in [2.75, 3.05) is 37.6 Å².